The second-order valence-corrected chi connectivity index (χ2v) is 4.64. The van der Waals surface area contributed by atoms with Crippen molar-refractivity contribution in [1.29, 1.82) is 0 Å². The molecule has 0 aromatic carbocycles. The van der Waals surface area contributed by atoms with E-state index in [1.807, 2.05) is 0 Å². The van der Waals surface area contributed by atoms with Crippen molar-refractivity contribution in [3.05, 3.63) is 22.3 Å². The summed E-state index contributed by atoms with van der Waals surface area (Å²) in [6, 6.07) is 0. The number of allylic oxidation sites excluding steroid dienone is 4. The van der Waals surface area contributed by atoms with Gasteiger partial charge in [-0.2, -0.15) is 0 Å². The lowest BCUT2D eigenvalue weighted by Crippen LogP contribution is -1.97. The van der Waals surface area contributed by atoms with Crippen molar-refractivity contribution in [3.63, 3.8) is 0 Å². The number of hydrogen-bond donors (Lipinski definition) is 0. The number of rotatable bonds is 4. The molecule has 0 amide bonds. The lowest BCUT2D eigenvalue weighted by atomic mass is 9.93. The fourth-order valence-electron chi connectivity index (χ4n) is 2.42. The normalized spacial score (nSPS) is 22.5. The molecule has 0 spiro atoms. The molecule has 1 atom stereocenters. The van der Waals surface area contributed by atoms with Gasteiger partial charge in [0.15, 0.2) is 0 Å². The van der Waals surface area contributed by atoms with E-state index in [1.165, 1.54) is 25.7 Å². The second kappa shape index (κ2) is 4.82. The van der Waals surface area contributed by atoms with Gasteiger partial charge in [0, 0.05) is 0 Å². The van der Waals surface area contributed by atoms with E-state index < -0.39 is 0 Å². The Morgan fingerprint density at radius 1 is 1.00 bits per heavy atom. The van der Waals surface area contributed by atoms with Crippen LogP contribution < -0.4 is 0 Å². The van der Waals surface area contributed by atoms with Gasteiger partial charge in [-0.15, -0.1) is 0 Å². The molecule has 0 heteroatoms. The van der Waals surface area contributed by atoms with E-state index in [0.29, 0.717) is 5.92 Å². The molecule has 0 N–H and O–H groups in total. The maximum absolute atomic E-state index is 2.36. The lowest BCUT2D eigenvalue weighted by Gasteiger charge is -2.12. The summed E-state index contributed by atoms with van der Waals surface area (Å²) >= 11 is 0. The Balaban J connectivity index is 2.63. The van der Waals surface area contributed by atoms with Gasteiger partial charge in [0.2, 0.25) is 0 Å². The molecule has 1 unspecified atom stereocenters. The van der Waals surface area contributed by atoms with Crippen molar-refractivity contribution in [2.75, 3.05) is 0 Å². The topological polar surface area (TPSA) is 0 Å². The number of hydrogen-bond acceptors (Lipinski definition) is 0. The van der Waals surface area contributed by atoms with Gasteiger partial charge in [-0.05, 0) is 50.7 Å². The Kier molecular flexibility index (Phi) is 3.97. The van der Waals surface area contributed by atoms with Crippen LogP contribution in [0.1, 0.15) is 60.3 Å². The Bertz CT molecular complexity index is 266. The third-order valence-electron chi connectivity index (χ3n) is 3.86. The predicted octanol–water partition coefficient (Wildman–Crippen LogP) is 4.87. The summed E-state index contributed by atoms with van der Waals surface area (Å²) in [7, 11) is 0. The molecular formula is C14H24. The molecule has 0 aromatic heterocycles. The summed E-state index contributed by atoms with van der Waals surface area (Å²) in [6.45, 7) is 11.5. The van der Waals surface area contributed by atoms with Crippen molar-refractivity contribution in [3.8, 4) is 0 Å². The molecule has 14 heavy (non-hydrogen) atoms. The van der Waals surface area contributed by atoms with E-state index in [2.05, 4.69) is 34.6 Å². The van der Waals surface area contributed by atoms with Crippen LogP contribution >= 0.6 is 0 Å². The van der Waals surface area contributed by atoms with Gasteiger partial charge in [0.25, 0.3) is 0 Å². The lowest BCUT2D eigenvalue weighted by molar-refractivity contribution is 0.664. The molecule has 0 saturated carbocycles. The molecule has 0 heterocycles. The second-order valence-electron chi connectivity index (χ2n) is 4.64. The highest BCUT2D eigenvalue weighted by molar-refractivity contribution is 5.46. The molecular weight excluding hydrogens is 168 g/mol. The monoisotopic (exact) mass is 192 g/mol. The van der Waals surface area contributed by atoms with Gasteiger partial charge in [-0.25, -0.2) is 0 Å². The maximum Gasteiger partial charge on any atom is -0.00126 e. The zero-order chi connectivity index (χ0) is 10.7. The zero-order valence-corrected chi connectivity index (χ0v) is 10.4. The Hall–Kier alpha value is -0.520. The summed E-state index contributed by atoms with van der Waals surface area (Å²) in [4.78, 5) is 0. The van der Waals surface area contributed by atoms with Crippen LogP contribution in [0.25, 0.3) is 0 Å². The van der Waals surface area contributed by atoms with Crippen molar-refractivity contribution in [2.45, 2.75) is 60.3 Å². The Morgan fingerprint density at radius 3 is 2.07 bits per heavy atom. The molecule has 1 rings (SSSR count). The van der Waals surface area contributed by atoms with Crippen LogP contribution in [0.15, 0.2) is 22.3 Å². The first kappa shape index (κ1) is 11.6. The van der Waals surface area contributed by atoms with Crippen LogP contribution in [0.5, 0.6) is 0 Å². The fraction of sp³-hybridized carbons (Fsp3) is 0.714. The minimum atomic E-state index is 0.715. The summed E-state index contributed by atoms with van der Waals surface area (Å²) in [5, 5.41) is 0. The van der Waals surface area contributed by atoms with Crippen molar-refractivity contribution in [2.24, 2.45) is 5.92 Å². The first-order valence-corrected chi connectivity index (χ1v) is 5.97. The molecule has 0 fully saturated rings. The minimum Gasteiger partial charge on any atom is -0.0654 e. The quantitative estimate of drug-likeness (QED) is 0.557. The maximum atomic E-state index is 2.36. The molecule has 1 aliphatic carbocycles. The molecule has 0 radical (unpaired) electrons. The summed E-state index contributed by atoms with van der Waals surface area (Å²) in [5.41, 5.74) is 6.41. The fourth-order valence-corrected chi connectivity index (χ4v) is 2.42. The Morgan fingerprint density at radius 2 is 1.64 bits per heavy atom. The molecule has 0 nitrogen and oxygen atoms in total. The summed E-state index contributed by atoms with van der Waals surface area (Å²) in [6.07, 6.45) is 5.39. The average molecular weight is 192 g/mol. The molecule has 0 bridgehead atoms. The van der Waals surface area contributed by atoms with Crippen LogP contribution in [0.3, 0.4) is 0 Å². The summed E-state index contributed by atoms with van der Waals surface area (Å²) < 4.78 is 0. The van der Waals surface area contributed by atoms with Gasteiger partial charge in [0.05, 0.1) is 0 Å². The van der Waals surface area contributed by atoms with Gasteiger partial charge in [-0.3, -0.25) is 0 Å². The van der Waals surface area contributed by atoms with Crippen molar-refractivity contribution < 1.29 is 0 Å². The largest absolute Gasteiger partial charge is 0.0654 e. The van der Waals surface area contributed by atoms with Gasteiger partial charge in [-0.1, -0.05) is 37.8 Å². The number of unbranched alkanes of at least 4 members (excludes halogenated alkanes) is 2. The highest BCUT2D eigenvalue weighted by Gasteiger charge is 2.22. The molecule has 0 aliphatic heterocycles. The highest BCUT2D eigenvalue weighted by Crippen LogP contribution is 2.38. The van der Waals surface area contributed by atoms with Crippen LogP contribution in [0.2, 0.25) is 0 Å². The van der Waals surface area contributed by atoms with E-state index in [4.69, 9.17) is 0 Å². The van der Waals surface area contributed by atoms with E-state index in [-0.39, 0.29) is 0 Å². The van der Waals surface area contributed by atoms with Crippen LogP contribution in [-0.4, -0.2) is 0 Å². The molecule has 80 valence electrons. The smallest absolute Gasteiger partial charge is 0.00126 e. The zero-order valence-electron chi connectivity index (χ0n) is 10.4. The molecule has 0 aromatic rings. The SMILES string of the molecule is CCCCCC1=C(C)C(C)=C(C)C1C. The van der Waals surface area contributed by atoms with Crippen LogP contribution in [-0.2, 0) is 0 Å². The van der Waals surface area contributed by atoms with Gasteiger partial charge < -0.3 is 0 Å². The van der Waals surface area contributed by atoms with E-state index in [9.17, 15) is 0 Å². The van der Waals surface area contributed by atoms with Gasteiger partial charge >= 0.3 is 0 Å². The highest BCUT2D eigenvalue weighted by atomic mass is 14.3. The van der Waals surface area contributed by atoms with E-state index in [0.717, 1.165) is 0 Å². The predicted molar refractivity (Wildman–Crippen MR) is 64.4 cm³/mol. The minimum absolute atomic E-state index is 0.715. The average Bonchev–Trinajstić information content (AvgIpc) is 2.35. The third-order valence-corrected chi connectivity index (χ3v) is 3.86. The van der Waals surface area contributed by atoms with Crippen molar-refractivity contribution >= 4 is 0 Å². The first-order chi connectivity index (χ1) is 6.59. The molecule has 0 saturated heterocycles. The van der Waals surface area contributed by atoms with Gasteiger partial charge in [0.1, 0.15) is 0 Å². The standard InChI is InChI=1S/C14H24/c1-6-7-8-9-14-12(4)10(2)11(3)13(14)5/h12H,6-9H2,1-5H3. The van der Waals surface area contributed by atoms with Crippen LogP contribution in [0, 0.1) is 5.92 Å². The van der Waals surface area contributed by atoms with E-state index >= 15 is 0 Å². The van der Waals surface area contributed by atoms with E-state index in [1.54, 1.807) is 22.3 Å². The van der Waals surface area contributed by atoms with Crippen molar-refractivity contribution in [1.82, 2.24) is 0 Å². The summed E-state index contributed by atoms with van der Waals surface area (Å²) in [5.74, 6) is 0.715. The third kappa shape index (κ3) is 2.10. The van der Waals surface area contributed by atoms with Crippen LogP contribution in [0.4, 0.5) is 0 Å². The first-order valence-electron chi connectivity index (χ1n) is 5.97. The molecule has 1 aliphatic rings. The Labute approximate surface area is 89.1 Å².